The van der Waals surface area contributed by atoms with Crippen LogP contribution in [-0.2, 0) is 21.9 Å². The molecule has 0 spiro atoms. The van der Waals surface area contributed by atoms with Crippen molar-refractivity contribution in [1.82, 2.24) is 0 Å². The Morgan fingerprint density at radius 3 is 2.00 bits per heavy atom. The van der Waals surface area contributed by atoms with Gasteiger partial charge in [0.15, 0.2) is 0 Å². The molecule has 0 aromatic rings. The summed E-state index contributed by atoms with van der Waals surface area (Å²) in [5, 5.41) is 8.86. The third-order valence-electron chi connectivity index (χ3n) is 0.341. The van der Waals surface area contributed by atoms with E-state index < -0.39 is 11.2 Å². The molecular formula is C3H5CuO2S. The van der Waals surface area contributed by atoms with E-state index in [2.05, 4.69) is 12.6 Å². The molecule has 46 valence electrons. The molecule has 0 radical (unpaired) electrons. The van der Waals surface area contributed by atoms with Crippen LogP contribution < -0.4 is 5.11 Å². The molecule has 0 rings (SSSR count). The third-order valence-corrected chi connectivity index (χ3v) is 0.552. The second-order valence-corrected chi connectivity index (χ2v) is 1.77. The molecule has 1 unspecified atom stereocenters. The van der Waals surface area contributed by atoms with Crippen molar-refractivity contribution in [3.05, 3.63) is 0 Å². The fourth-order valence-corrected chi connectivity index (χ4v) is 0. The Morgan fingerprint density at radius 1 is 1.86 bits per heavy atom. The molecular weight excluding hydrogens is 164 g/mol. The summed E-state index contributed by atoms with van der Waals surface area (Å²) in [7, 11) is 0. The van der Waals surface area contributed by atoms with E-state index in [9.17, 15) is 9.90 Å². The van der Waals surface area contributed by atoms with E-state index in [0.29, 0.717) is 0 Å². The number of carboxylic acids is 1. The van der Waals surface area contributed by atoms with Gasteiger partial charge in [0.2, 0.25) is 0 Å². The number of thiol groups is 1. The number of carboxylic acid groups (broad SMARTS) is 1. The summed E-state index contributed by atoms with van der Waals surface area (Å²) in [6, 6.07) is 0. The van der Waals surface area contributed by atoms with Gasteiger partial charge in [-0.25, -0.2) is 0 Å². The van der Waals surface area contributed by atoms with Crippen molar-refractivity contribution in [2.24, 2.45) is 0 Å². The Morgan fingerprint density at radius 2 is 2.00 bits per heavy atom. The number of aliphatic carboxylic acids is 1. The zero-order valence-electron chi connectivity index (χ0n) is 3.64. The average molecular weight is 169 g/mol. The minimum Gasteiger partial charge on any atom is -0.549 e. The molecule has 0 saturated heterocycles. The van der Waals surface area contributed by atoms with Gasteiger partial charge in [0.25, 0.3) is 0 Å². The van der Waals surface area contributed by atoms with Crippen molar-refractivity contribution >= 4 is 18.6 Å². The van der Waals surface area contributed by atoms with Crippen LogP contribution >= 0.6 is 12.6 Å². The molecule has 1 atom stereocenters. The van der Waals surface area contributed by atoms with Gasteiger partial charge in [-0.05, 0) is 6.92 Å². The van der Waals surface area contributed by atoms with E-state index in [-0.39, 0.29) is 17.1 Å². The molecule has 0 N–H and O–H groups in total. The molecule has 0 aliphatic rings. The smallest absolute Gasteiger partial charge is 0.549 e. The van der Waals surface area contributed by atoms with Crippen LogP contribution in [0.5, 0.6) is 0 Å². The summed E-state index contributed by atoms with van der Waals surface area (Å²) in [5.74, 6) is -1.13. The molecule has 0 aliphatic heterocycles. The Balaban J connectivity index is 0. The van der Waals surface area contributed by atoms with Crippen molar-refractivity contribution in [1.29, 1.82) is 0 Å². The minimum absolute atomic E-state index is 0. The van der Waals surface area contributed by atoms with Crippen molar-refractivity contribution in [3.63, 3.8) is 0 Å². The largest absolute Gasteiger partial charge is 1.00 e. The van der Waals surface area contributed by atoms with Crippen LogP contribution in [0.25, 0.3) is 0 Å². The second-order valence-electron chi connectivity index (χ2n) is 0.995. The first-order valence-electron chi connectivity index (χ1n) is 1.53. The van der Waals surface area contributed by atoms with Gasteiger partial charge in [-0.1, -0.05) is 0 Å². The Kier molecular flexibility index (Phi) is 6.65. The number of hydrogen-bond donors (Lipinski definition) is 1. The summed E-state index contributed by atoms with van der Waals surface area (Å²) >= 11 is 3.53. The van der Waals surface area contributed by atoms with Crippen LogP contribution in [0.2, 0.25) is 0 Å². The number of rotatable bonds is 1. The van der Waals surface area contributed by atoms with E-state index in [1.54, 1.807) is 0 Å². The van der Waals surface area contributed by atoms with Crippen molar-refractivity contribution in [2.75, 3.05) is 0 Å². The second kappa shape index (κ2) is 4.50. The third kappa shape index (κ3) is 6.34. The van der Waals surface area contributed by atoms with Gasteiger partial charge in [0, 0.05) is 5.25 Å². The maximum absolute atomic E-state index is 9.51. The van der Waals surface area contributed by atoms with Crippen LogP contribution in [0.4, 0.5) is 0 Å². The van der Waals surface area contributed by atoms with Crippen LogP contribution in [0.1, 0.15) is 6.92 Å². The van der Waals surface area contributed by atoms with Gasteiger partial charge in [-0.15, -0.1) is 0 Å². The maximum atomic E-state index is 9.51. The molecule has 2 nitrogen and oxygen atoms in total. The molecule has 0 bridgehead atoms. The molecule has 0 fully saturated rings. The van der Waals surface area contributed by atoms with Crippen LogP contribution in [0, 0.1) is 0 Å². The first-order valence-corrected chi connectivity index (χ1v) is 2.05. The van der Waals surface area contributed by atoms with Crippen LogP contribution in [0.3, 0.4) is 0 Å². The fourth-order valence-electron chi connectivity index (χ4n) is 0. The molecule has 0 heterocycles. The summed E-state index contributed by atoms with van der Waals surface area (Å²) in [4.78, 5) is 9.51. The number of carbonyl (C=O) groups excluding carboxylic acids is 1. The SMILES string of the molecule is CC(S)C(=O)[O-].[Cu+]. The van der Waals surface area contributed by atoms with Gasteiger partial charge >= 0.3 is 17.1 Å². The van der Waals surface area contributed by atoms with Gasteiger partial charge in [0.05, 0.1) is 5.97 Å². The van der Waals surface area contributed by atoms with E-state index in [1.807, 2.05) is 0 Å². The fraction of sp³-hybridized carbons (Fsp3) is 0.667. The van der Waals surface area contributed by atoms with E-state index in [0.717, 1.165) is 0 Å². The van der Waals surface area contributed by atoms with Crippen LogP contribution in [-0.4, -0.2) is 11.2 Å². The molecule has 0 aromatic carbocycles. The maximum Gasteiger partial charge on any atom is 1.00 e. The van der Waals surface area contributed by atoms with Crippen molar-refractivity contribution in [3.8, 4) is 0 Å². The normalized spacial score (nSPS) is 11.7. The molecule has 7 heavy (non-hydrogen) atoms. The number of hydrogen-bond acceptors (Lipinski definition) is 3. The Hall–Kier alpha value is 0.339. The predicted octanol–water partition coefficient (Wildman–Crippen LogP) is -0.948. The quantitative estimate of drug-likeness (QED) is 0.405. The summed E-state index contributed by atoms with van der Waals surface area (Å²) in [5.41, 5.74) is 0. The molecule has 4 heteroatoms. The topological polar surface area (TPSA) is 40.1 Å². The van der Waals surface area contributed by atoms with Crippen molar-refractivity contribution < 1.29 is 27.0 Å². The molecule has 0 aliphatic carbocycles. The first-order chi connectivity index (χ1) is 2.64. The van der Waals surface area contributed by atoms with E-state index >= 15 is 0 Å². The van der Waals surface area contributed by atoms with Gasteiger partial charge in [-0.2, -0.15) is 12.6 Å². The Bertz CT molecular complexity index is 64.0. The molecule has 0 amide bonds. The molecule has 0 aromatic heterocycles. The first kappa shape index (κ1) is 10.3. The minimum atomic E-state index is -1.13. The predicted molar refractivity (Wildman–Crippen MR) is 23.5 cm³/mol. The van der Waals surface area contributed by atoms with Gasteiger partial charge in [-0.3, -0.25) is 0 Å². The summed E-state index contributed by atoms with van der Waals surface area (Å²) in [6.07, 6.45) is 0. The average Bonchev–Trinajstić information content (AvgIpc) is 1.36. The van der Waals surface area contributed by atoms with E-state index in [1.165, 1.54) is 6.92 Å². The van der Waals surface area contributed by atoms with E-state index in [4.69, 9.17) is 0 Å². The van der Waals surface area contributed by atoms with Crippen molar-refractivity contribution in [2.45, 2.75) is 12.2 Å². The monoisotopic (exact) mass is 168 g/mol. The number of carbonyl (C=O) groups is 1. The summed E-state index contributed by atoms with van der Waals surface area (Å²) < 4.78 is 0. The van der Waals surface area contributed by atoms with Gasteiger partial charge in [0.1, 0.15) is 0 Å². The standard InChI is InChI=1S/C3H6O2S.Cu/c1-2(6)3(4)5;/h2,6H,1H3,(H,4,5);/q;+1/p-1. The van der Waals surface area contributed by atoms with Gasteiger partial charge < -0.3 is 9.90 Å². The van der Waals surface area contributed by atoms with Crippen LogP contribution in [0.15, 0.2) is 0 Å². The summed E-state index contributed by atoms with van der Waals surface area (Å²) in [6.45, 7) is 1.44. The Labute approximate surface area is 58.2 Å². The molecule has 0 saturated carbocycles. The zero-order chi connectivity index (χ0) is 5.15. The zero-order valence-corrected chi connectivity index (χ0v) is 5.48.